The maximum Gasteiger partial charge on any atom is 0.228 e. The summed E-state index contributed by atoms with van der Waals surface area (Å²) in [4.78, 5) is 12.5. The predicted molar refractivity (Wildman–Crippen MR) is 96.6 cm³/mol. The number of sulfonamides is 1. The summed E-state index contributed by atoms with van der Waals surface area (Å²) in [6, 6.07) is 4.97. The minimum absolute atomic E-state index is 0.0775. The molecule has 1 aromatic rings. The fraction of sp³-hybridized carbons (Fsp3) is 0.562. The summed E-state index contributed by atoms with van der Waals surface area (Å²) in [5.74, 6) is -0.168. The van der Waals surface area contributed by atoms with Gasteiger partial charge in [0.25, 0.3) is 0 Å². The molecule has 0 spiro atoms. The van der Waals surface area contributed by atoms with Crippen LogP contribution in [0.4, 0.5) is 5.69 Å². The highest BCUT2D eigenvalue weighted by Crippen LogP contribution is 2.28. The van der Waals surface area contributed by atoms with Crippen LogP contribution in [0.15, 0.2) is 18.2 Å². The molecule has 1 unspecified atom stereocenters. The van der Waals surface area contributed by atoms with Crippen LogP contribution in [0.1, 0.15) is 12.8 Å². The minimum atomic E-state index is -3.41. The first-order valence-corrected chi connectivity index (χ1v) is 9.97. The average molecular weight is 391 g/mol. The zero-order chi connectivity index (χ0) is 18.4. The fourth-order valence-corrected chi connectivity index (χ4v) is 4.42. The van der Waals surface area contributed by atoms with Crippen LogP contribution in [0, 0.1) is 5.92 Å². The number of carbonyl (C=O) groups excluding carboxylic acids is 1. The summed E-state index contributed by atoms with van der Waals surface area (Å²) in [7, 11) is -0.436. The first-order valence-electron chi connectivity index (χ1n) is 7.98. The second-order valence-corrected chi connectivity index (χ2v) is 8.34. The second kappa shape index (κ2) is 8.84. The number of benzene rings is 1. The van der Waals surface area contributed by atoms with E-state index in [1.54, 1.807) is 18.2 Å². The lowest BCUT2D eigenvalue weighted by molar-refractivity contribution is -0.120. The molecule has 1 atom stereocenters. The van der Waals surface area contributed by atoms with Gasteiger partial charge >= 0.3 is 0 Å². The maximum atomic E-state index is 12.5. The standard InChI is InChI=1S/C16H23ClN2O5S/c1-23-8-9-25(21,22)19-7-3-4-12(11-19)16(20)18-13-5-6-15(24-2)14(17)10-13/h5-6,10,12H,3-4,7-9,11H2,1-2H3,(H,18,20). The minimum Gasteiger partial charge on any atom is -0.495 e. The summed E-state index contributed by atoms with van der Waals surface area (Å²) in [5, 5.41) is 3.19. The number of piperidine rings is 1. The zero-order valence-electron chi connectivity index (χ0n) is 14.3. The molecule has 9 heteroatoms. The van der Waals surface area contributed by atoms with Crippen molar-refractivity contribution in [1.29, 1.82) is 0 Å². The maximum absolute atomic E-state index is 12.5. The SMILES string of the molecule is COCCS(=O)(=O)N1CCCC(C(=O)Nc2ccc(OC)c(Cl)c2)C1. The number of halogens is 1. The number of nitrogens with one attached hydrogen (secondary N) is 1. The summed E-state index contributed by atoms with van der Waals surface area (Å²) in [5.41, 5.74) is 0.551. The molecule has 1 amide bonds. The van der Waals surface area contributed by atoms with E-state index in [9.17, 15) is 13.2 Å². The number of carbonyl (C=O) groups is 1. The van der Waals surface area contributed by atoms with E-state index in [0.29, 0.717) is 35.8 Å². The Hall–Kier alpha value is -1.35. The molecule has 1 heterocycles. The van der Waals surface area contributed by atoms with Gasteiger partial charge in [0, 0.05) is 25.9 Å². The Morgan fingerprint density at radius 1 is 1.40 bits per heavy atom. The number of methoxy groups -OCH3 is 2. The molecular formula is C16H23ClN2O5S. The van der Waals surface area contributed by atoms with Gasteiger partial charge in [0.15, 0.2) is 0 Å². The molecular weight excluding hydrogens is 368 g/mol. The van der Waals surface area contributed by atoms with Crippen molar-refractivity contribution in [2.24, 2.45) is 5.92 Å². The van der Waals surface area contributed by atoms with Crippen molar-refractivity contribution in [2.75, 3.05) is 45.0 Å². The van der Waals surface area contributed by atoms with Crippen LogP contribution in [-0.4, -0.2) is 58.3 Å². The number of hydrogen-bond donors (Lipinski definition) is 1. The Balaban J connectivity index is 2.01. The van der Waals surface area contributed by atoms with Crippen molar-refractivity contribution in [1.82, 2.24) is 4.31 Å². The molecule has 7 nitrogen and oxygen atoms in total. The lowest BCUT2D eigenvalue weighted by Gasteiger charge is -2.31. The third kappa shape index (κ3) is 5.31. The molecule has 1 N–H and O–H groups in total. The highest BCUT2D eigenvalue weighted by atomic mass is 35.5. The van der Waals surface area contributed by atoms with Crippen LogP contribution in [0.5, 0.6) is 5.75 Å². The van der Waals surface area contributed by atoms with Crippen molar-refractivity contribution >= 4 is 33.2 Å². The van der Waals surface area contributed by atoms with E-state index in [0.717, 1.165) is 0 Å². The van der Waals surface area contributed by atoms with E-state index >= 15 is 0 Å². The number of anilines is 1. The number of nitrogens with zero attached hydrogens (tertiary/aromatic N) is 1. The van der Waals surface area contributed by atoms with Gasteiger partial charge in [-0.2, -0.15) is 0 Å². The van der Waals surface area contributed by atoms with Gasteiger partial charge in [-0.1, -0.05) is 11.6 Å². The fourth-order valence-electron chi connectivity index (χ4n) is 2.72. The Kier molecular flexibility index (Phi) is 7.06. The van der Waals surface area contributed by atoms with E-state index in [4.69, 9.17) is 21.1 Å². The Bertz CT molecular complexity index is 710. The van der Waals surface area contributed by atoms with Gasteiger partial charge in [-0.05, 0) is 31.0 Å². The average Bonchev–Trinajstić information content (AvgIpc) is 2.60. The zero-order valence-corrected chi connectivity index (χ0v) is 15.9. The van der Waals surface area contributed by atoms with Gasteiger partial charge in [0.05, 0.1) is 30.4 Å². The highest BCUT2D eigenvalue weighted by Gasteiger charge is 2.32. The van der Waals surface area contributed by atoms with Crippen LogP contribution in [-0.2, 0) is 19.6 Å². The number of ether oxygens (including phenoxy) is 2. The largest absolute Gasteiger partial charge is 0.495 e. The van der Waals surface area contributed by atoms with Gasteiger partial charge in [0.2, 0.25) is 15.9 Å². The molecule has 2 rings (SSSR count). The quantitative estimate of drug-likeness (QED) is 0.769. The van der Waals surface area contributed by atoms with E-state index in [-0.39, 0.29) is 24.8 Å². The molecule has 25 heavy (non-hydrogen) atoms. The topological polar surface area (TPSA) is 84.9 Å². The molecule has 0 saturated carbocycles. The molecule has 1 saturated heterocycles. The molecule has 0 aliphatic carbocycles. The molecule has 1 fully saturated rings. The van der Waals surface area contributed by atoms with E-state index in [2.05, 4.69) is 5.32 Å². The molecule has 140 valence electrons. The summed E-state index contributed by atoms with van der Waals surface area (Å²) in [6.07, 6.45) is 1.29. The summed E-state index contributed by atoms with van der Waals surface area (Å²) < 4.78 is 35.8. The normalized spacial score (nSPS) is 18.8. The lowest BCUT2D eigenvalue weighted by atomic mass is 9.98. The Labute approximate surface area is 153 Å². The van der Waals surface area contributed by atoms with Crippen LogP contribution in [0.3, 0.4) is 0 Å². The van der Waals surface area contributed by atoms with Gasteiger partial charge in [-0.3, -0.25) is 4.79 Å². The third-order valence-corrected chi connectivity index (χ3v) is 6.21. The molecule has 0 radical (unpaired) electrons. The van der Waals surface area contributed by atoms with Gasteiger partial charge in [-0.25, -0.2) is 12.7 Å². The Morgan fingerprint density at radius 2 is 2.16 bits per heavy atom. The van der Waals surface area contributed by atoms with Gasteiger partial charge < -0.3 is 14.8 Å². The van der Waals surface area contributed by atoms with Gasteiger partial charge in [0.1, 0.15) is 5.75 Å². The van der Waals surface area contributed by atoms with Crippen molar-refractivity contribution in [3.8, 4) is 5.75 Å². The number of amides is 1. The molecule has 1 aliphatic heterocycles. The predicted octanol–water partition coefficient (Wildman–Crippen LogP) is 1.98. The van der Waals surface area contributed by atoms with Crippen LogP contribution in [0.2, 0.25) is 5.02 Å². The number of hydrogen-bond acceptors (Lipinski definition) is 5. The lowest BCUT2D eigenvalue weighted by Crippen LogP contribution is -2.45. The summed E-state index contributed by atoms with van der Waals surface area (Å²) in [6.45, 7) is 0.756. The highest BCUT2D eigenvalue weighted by molar-refractivity contribution is 7.89. The van der Waals surface area contributed by atoms with E-state index < -0.39 is 15.9 Å². The number of rotatable bonds is 7. The van der Waals surface area contributed by atoms with Crippen molar-refractivity contribution < 1.29 is 22.7 Å². The second-order valence-electron chi connectivity index (χ2n) is 5.84. The van der Waals surface area contributed by atoms with Crippen LogP contribution in [0.25, 0.3) is 0 Å². The van der Waals surface area contributed by atoms with Crippen LogP contribution < -0.4 is 10.1 Å². The summed E-state index contributed by atoms with van der Waals surface area (Å²) >= 11 is 6.05. The Morgan fingerprint density at radius 3 is 2.80 bits per heavy atom. The van der Waals surface area contributed by atoms with Crippen molar-refractivity contribution in [3.63, 3.8) is 0 Å². The molecule has 0 aromatic heterocycles. The van der Waals surface area contributed by atoms with Crippen molar-refractivity contribution in [3.05, 3.63) is 23.2 Å². The molecule has 0 bridgehead atoms. The molecule has 1 aliphatic rings. The van der Waals surface area contributed by atoms with Crippen molar-refractivity contribution in [2.45, 2.75) is 12.8 Å². The van der Waals surface area contributed by atoms with Crippen LogP contribution >= 0.6 is 11.6 Å². The third-order valence-electron chi connectivity index (χ3n) is 4.11. The van der Waals surface area contributed by atoms with Gasteiger partial charge in [-0.15, -0.1) is 0 Å². The van der Waals surface area contributed by atoms with E-state index in [1.165, 1.54) is 18.5 Å². The first-order chi connectivity index (χ1) is 11.9. The molecule has 1 aromatic carbocycles. The monoisotopic (exact) mass is 390 g/mol. The smallest absolute Gasteiger partial charge is 0.228 e. The van der Waals surface area contributed by atoms with E-state index in [1.807, 2.05) is 0 Å². The first kappa shape index (κ1) is 20.0.